The minimum atomic E-state index is -1.16. The summed E-state index contributed by atoms with van der Waals surface area (Å²) in [6, 6.07) is 11.1. The number of aliphatic imine (C=N–C) groups is 1. The first-order valence-electron chi connectivity index (χ1n) is 7.49. The van der Waals surface area contributed by atoms with Gasteiger partial charge in [0, 0.05) is 17.7 Å². The number of carbonyl (C=O) groups is 1. The van der Waals surface area contributed by atoms with Crippen molar-refractivity contribution in [1.29, 1.82) is 0 Å². The molecule has 0 radical (unpaired) electrons. The van der Waals surface area contributed by atoms with Gasteiger partial charge in [0.1, 0.15) is 23.0 Å². The lowest BCUT2D eigenvalue weighted by Crippen LogP contribution is -1.97. The Hall–Kier alpha value is -3.65. The number of aromatic carboxylic acids is 1. The van der Waals surface area contributed by atoms with E-state index in [-0.39, 0.29) is 27.7 Å². The van der Waals surface area contributed by atoms with Gasteiger partial charge in [0.05, 0.1) is 21.7 Å². The number of phenolic OH excluding ortho intramolecular Hbond substituents is 1. The number of rotatable bonds is 5. The molecule has 8 nitrogen and oxygen atoms in total. The number of hydrogen-bond donors (Lipinski definition) is 2. The topological polar surface area (TPSA) is 126 Å². The van der Waals surface area contributed by atoms with Crippen LogP contribution in [0.25, 0.3) is 11.3 Å². The average Bonchev–Trinajstić information content (AvgIpc) is 3.10. The minimum absolute atomic E-state index is 0.0156. The third-order valence-electron chi connectivity index (χ3n) is 3.61. The van der Waals surface area contributed by atoms with Gasteiger partial charge in [-0.1, -0.05) is 11.6 Å². The van der Waals surface area contributed by atoms with Crippen molar-refractivity contribution in [2.45, 2.75) is 0 Å². The summed E-state index contributed by atoms with van der Waals surface area (Å²) in [4.78, 5) is 25.4. The summed E-state index contributed by atoms with van der Waals surface area (Å²) in [5, 5.41) is 29.8. The summed E-state index contributed by atoms with van der Waals surface area (Å²) in [7, 11) is 0. The van der Waals surface area contributed by atoms with Crippen molar-refractivity contribution in [3.8, 4) is 17.1 Å². The maximum Gasteiger partial charge on any atom is 0.337 e. The van der Waals surface area contributed by atoms with Crippen molar-refractivity contribution in [1.82, 2.24) is 0 Å². The second-order valence-corrected chi connectivity index (χ2v) is 5.80. The zero-order chi connectivity index (χ0) is 19.6. The summed E-state index contributed by atoms with van der Waals surface area (Å²) in [6.45, 7) is 0. The lowest BCUT2D eigenvalue weighted by atomic mass is 10.1. The number of phenols is 1. The molecule has 27 heavy (non-hydrogen) atoms. The molecule has 9 heteroatoms. The number of nitro groups is 1. The molecule has 0 bridgehead atoms. The normalized spacial score (nSPS) is 11.0. The lowest BCUT2D eigenvalue weighted by molar-refractivity contribution is -0.384. The predicted molar refractivity (Wildman–Crippen MR) is 98.1 cm³/mol. The molecule has 136 valence electrons. The van der Waals surface area contributed by atoms with Gasteiger partial charge in [0.25, 0.3) is 5.69 Å². The molecule has 0 atom stereocenters. The number of benzene rings is 2. The number of non-ortho nitro benzene ring substituents is 1. The van der Waals surface area contributed by atoms with Gasteiger partial charge in [-0.15, -0.1) is 0 Å². The molecule has 2 N–H and O–H groups in total. The van der Waals surface area contributed by atoms with Crippen LogP contribution in [0.1, 0.15) is 16.1 Å². The Kier molecular flexibility index (Phi) is 4.91. The molecule has 0 unspecified atom stereocenters. The monoisotopic (exact) mass is 386 g/mol. The van der Waals surface area contributed by atoms with Gasteiger partial charge in [-0.25, -0.2) is 9.79 Å². The summed E-state index contributed by atoms with van der Waals surface area (Å²) >= 11 is 5.85. The summed E-state index contributed by atoms with van der Waals surface area (Å²) in [6.07, 6.45) is 1.29. The number of aromatic hydroxyl groups is 1. The highest BCUT2D eigenvalue weighted by Gasteiger charge is 2.13. The van der Waals surface area contributed by atoms with Crippen LogP contribution in [0.4, 0.5) is 11.4 Å². The minimum Gasteiger partial charge on any atom is -0.506 e. The molecule has 0 fully saturated rings. The van der Waals surface area contributed by atoms with E-state index in [0.29, 0.717) is 17.1 Å². The molecule has 3 aromatic rings. The number of carboxylic acid groups (broad SMARTS) is 1. The van der Waals surface area contributed by atoms with Crippen LogP contribution in [-0.2, 0) is 0 Å². The Morgan fingerprint density at radius 3 is 2.67 bits per heavy atom. The van der Waals surface area contributed by atoms with Crippen molar-refractivity contribution < 1.29 is 24.3 Å². The van der Waals surface area contributed by atoms with Gasteiger partial charge in [0.2, 0.25) is 0 Å². The highest BCUT2D eigenvalue weighted by atomic mass is 35.5. The first-order chi connectivity index (χ1) is 12.8. The van der Waals surface area contributed by atoms with E-state index >= 15 is 0 Å². The van der Waals surface area contributed by atoms with Gasteiger partial charge < -0.3 is 14.6 Å². The molecule has 0 amide bonds. The van der Waals surface area contributed by atoms with E-state index in [9.17, 15) is 20.0 Å². The molecule has 0 aliphatic carbocycles. The van der Waals surface area contributed by atoms with Crippen LogP contribution in [0.3, 0.4) is 0 Å². The van der Waals surface area contributed by atoms with E-state index in [4.69, 9.17) is 21.1 Å². The third kappa shape index (κ3) is 3.96. The SMILES string of the molecule is O=C(O)c1cc(-c2ccc(C=Nc3cc([N+](=O)[O-])ccc3O)o2)ccc1Cl. The fourth-order valence-corrected chi connectivity index (χ4v) is 2.48. The molecule has 1 heterocycles. The molecule has 0 spiro atoms. The Balaban J connectivity index is 1.88. The molecule has 3 rings (SSSR count). The van der Waals surface area contributed by atoms with Gasteiger partial charge in [-0.3, -0.25) is 10.1 Å². The molecule has 1 aromatic heterocycles. The molecular formula is C18H11ClN2O6. The van der Waals surface area contributed by atoms with E-state index in [2.05, 4.69) is 4.99 Å². The second kappa shape index (κ2) is 7.30. The molecule has 0 saturated carbocycles. The zero-order valence-electron chi connectivity index (χ0n) is 13.5. The molecule has 0 saturated heterocycles. The van der Waals surface area contributed by atoms with Crippen molar-refractivity contribution in [3.63, 3.8) is 0 Å². The van der Waals surface area contributed by atoms with Gasteiger partial charge in [-0.2, -0.15) is 0 Å². The smallest absolute Gasteiger partial charge is 0.337 e. The van der Waals surface area contributed by atoms with Crippen molar-refractivity contribution >= 4 is 35.2 Å². The van der Waals surface area contributed by atoms with Crippen LogP contribution in [0.15, 0.2) is 57.9 Å². The number of halogens is 1. The quantitative estimate of drug-likeness (QED) is 0.373. The van der Waals surface area contributed by atoms with Crippen LogP contribution < -0.4 is 0 Å². The fraction of sp³-hybridized carbons (Fsp3) is 0. The Morgan fingerprint density at radius 2 is 1.96 bits per heavy atom. The molecule has 0 aliphatic rings. The number of nitrogens with zero attached hydrogens (tertiary/aromatic N) is 2. The summed E-state index contributed by atoms with van der Waals surface area (Å²) in [5.41, 5.74) is 0.265. The van der Waals surface area contributed by atoms with Crippen molar-refractivity contribution in [3.05, 3.63) is 75.0 Å². The number of nitro benzene ring substituents is 1. The number of hydrogen-bond acceptors (Lipinski definition) is 6. The number of carboxylic acids is 1. The Labute approximate surface area is 157 Å². The highest BCUT2D eigenvalue weighted by Crippen LogP contribution is 2.31. The predicted octanol–water partition coefficient (Wildman–Crippen LogP) is 4.66. The first kappa shape index (κ1) is 18.2. The van der Waals surface area contributed by atoms with Crippen LogP contribution in [0.2, 0.25) is 5.02 Å². The van der Waals surface area contributed by atoms with Crippen molar-refractivity contribution in [2.75, 3.05) is 0 Å². The van der Waals surface area contributed by atoms with E-state index in [0.717, 1.165) is 6.07 Å². The zero-order valence-corrected chi connectivity index (χ0v) is 14.3. The van der Waals surface area contributed by atoms with E-state index in [1.54, 1.807) is 18.2 Å². The molecule has 0 aliphatic heterocycles. The summed E-state index contributed by atoms with van der Waals surface area (Å²) < 4.78 is 5.58. The van der Waals surface area contributed by atoms with E-state index < -0.39 is 10.9 Å². The van der Waals surface area contributed by atoms with E-state index in [1.165, 1.54) is 30.5 Å². The number of furan rings is 1. The first-order valence-corrected chi connectivity index (χ1v) is 7.87. The third-order valence-corrected chi connectivity index (χ3v) is 3.94. The van der Waals surface area contributed by atoms with Gasteiger partial charge in [0.15, 0.2) is 0 Å². The maximum absolute atomic E-state index is 11.2. The lowest BCUT2D eigenvalue weighted by Gasteiger charge is -2.02. The van der Waals surface area contributed by atoms with Crippen molar-refractivity contribution in [2.24, 2.45) is 4.99 Å². The average molecular weight is 387 g/mol. The Morgan fingerprint density at radius 1 is 1.19 bits per heavy atom. The van der Waals surface area contributed by atoms with Gasteiger partial charge >= 0.3 is 5.97 Å². The van der Waals surface area contributed by atoms with Crippen LogP contribution in [0, 0.1) is 10.1 Å². The summed E-state index contributed by atoms with van der Waals surface area (Å²) in [5.74, 6) is -0.676. The fourth-order valence-electron chi connectivity index (χ4n) is 2.28. The van der Waals surface area contributed by atoms with E-state index in [1.807, 2.05) is 0 Å². The van der Waals surface area contributed by atoms with Gasteiger partial charge in [-0.05, 0) is 36.4 Å². The van der Waals surface area contributed by atoms with Crippen LogP contribution >= 0.6 is 11.6 Å². The standard InChI is InChI=1S/C18H11ClN2O6/c19-14-4-1-10(7-13(14)18(23)24)17-6-3-12(27-17)9-20-15-8-11(21(25)26)2-5-16(15)22/h1-9,22H,(H,23,24). The second-order valence-electron chi connectivity index (χ2n) is 5.39. The molecule has 2 aromatic carbocycles. The molecular weight excluding hydrogens is 376 g/mol. The highest BCUT2D eigenvalue weighted by molar-refractivity contribution is 6.33. The maximum atomic E-state index is 11.2. The largest absolute Gasteiger partial charge is 0.506 e. The van der Waals surface area contributed by atoms with Crippen LogP contribution in [-0.4, -0.2) is 27.3 Å². The Bertz CT molecular complexity index is 1070. The van der Waals surface area contributed by atoms with Crippen LogP contribution in [0.5, 0.6) is 5.75 Å².